The first-order valence-electron chi connectivity index (χ1n) is 7.22. The molecule has 1 aromatic heterocycles. The number of nitriles is 1. The minimum Gasteiger partial charge on any atom is -0.508 e. The number of aromatic hydroxyl groups is 1. The van der Waals surface area contributed by atoms with Crippen molar-refractivity contribution in [2.24, 2.45) is 5.92 Å². The highest BCUT2D eigenvalue weighted by atomic mass is 16.3. The topological polar surface area (TPSA) is 88.9 Å². The Bertz CT molecular complexity index is 875. The van der Waals surface area contributed by atoms with Gasteiger partial charge in [0, 0.05) is 22.8 Å². The van der Waals surface area contributed by atoms with Gasteiger partial charge in [0.2, 0.25) is 5.91 Å². The summed E-state index contributed by atoms with van der Waals surface area (Å²) in [5.41, 5.74) is 2.49. The number of benzene rings is 2. The molecule has 23 heavy (non-hydrogen) atoms. The molecule has 0 saturated carbocycles. The first kappa shape index (κ1) is 14.7. The number of phenolic OH excluding ortho intramolecular Hbond substituents is 1. The molecule has 1 heterocycles. The molecule has 3 N–H and O–H groups in total. The van der Waals surface area contributed by atoms with E-state index in [0.29, 0.717) is 12.1 Å². The first-order valence-corrected chi connectivity index (χ1v) is 7.22. The molecule has 5 heteroatoms. The number of H-pyrrole nitrogens is 1. The molecular weight excluding hydrogens is 290 g/mol. The van der Waals surface area contributed by atoms with Crippen LogP contribution in [0.15, 0.2) is 54.7 Å². The van der Waals surface area contributed by atoms with Crippen LogP contribution in [0.5, 0.6) is 5.75 Å². The number of aromatic nitrogens is 1. The zero-order valence-electron chi connectivity index (χ0n) is 12.3. The Morgan fingerprint density at radius 3 is 2.74 bits per heavy atom. The third kappa shape index (κ3) is 3.16. The van der Waals surface area contributed by atoms with Gasteiger partial charge in [0.15, 0.2) is 0 Å². The molecule has 5 nitrogen and oxygen atoms in total. The summed E-state index contributed by atoms with van der Waals surface area (Å²) in [7, 11) is 0. The molecule has 1 amide bonds. The van der Waals surface area contributed by atoms with Gasteiger partial charge in [0.25, 0.3) is 0 Å². The summed E-state index contributed by atoms with van der Waals surface area (Å²) in [6, 6.07) is 15.9. The molecule has 114 valence electrons. The molecule has 0 bridgehead atoms. The van der Waals surface area contributed by atoms with Gasteiger partial charge < -0.3 is 15.4 Å². The molecule has 3 aromatic rings. The molecule has 3 rings (SSSR count). The number of hydrogen-bond donors (Lipinski definition) is 3. The number of nitrogens with one attached hydrogen (secondary N) is 2. The molecule has 0 aliphatic rings. The van der Waals surface area contributed by atoms with Crippen molar-refractivity contribution in [3.63, 3.8) is 0 Å². The molecule has 2 aromatic carbocycles. The minimum absolute atomic E-state index is 0.124. The Morgan fingerprint density at radius 1 is 1.22 bits per heavy atom. The van der Waals surface area contributed by atoms with Gasteiger partial charge in [-0.3, -0.25) is 4.79 Å². The number of hydrogen-bond acceptors (Lipinski definition) is 3. The fraction of sp³-hybridized carbons (Fsp3) is 0.111. The van der Waals surface area contributed by atoms with Gasteiger partial charge in [0.05, 0.1) is 6.07 Å². The number of aromatic amines is 1. The van der Waals surface area contributed by atoms with Crippen LogP contribution in [0, 0.1) is 17.2 Å². The van der Waals surface area contributed by atoms with E-state index >= 15 is 0 Å². The molecule has 0 saturated heterocycles. The van der Waals surface area contributed by atoms with Gasteiger partial charge in [-0.25, -0.2) is 0 Å². The summed E-state index contributed by atoms with van der Waals surface area (Å²) in [5.74, 6) is -1.02. The summed E-state index contributed by atoms with van der Waals surface area (Å²) in [4.78, 5) is 15.4. The molecule has 0 radical (unpaired) electrons. The van der Waals surface area contributed by atoms with E-state index in [4.69, 9.17) is 0 Å². The largest absolute Gasteiger partial charge is 0.508 e. The number of nitrogens with zero attached hydrogens (tertiary/aromatic N) is 1. The lowest BCUT2D eigenvalue weighted by Gasteiger charge is -2.11. The van der Waals surface area contributed by atoms with E-state index in [-0.39, 0.29) is 11.7 Å². The van der Waals surface area contributed by atoms with Crippen molar-refractivity contribution in [1.82, 2.24) is 4.98 Å². The highest BCUT2D eigenvalue weighted by Crippen LogP contribution is 2.21. The number of carbonyl (C=O) groups is 1. The van der Waals surface area contributed by atoms with E-state index < -0.39 is 5.92 Å². The predicted molar refractivity (Wildman–Crippen MR) is 87.8 cm³/mol. The van der Waals surface area contributed by atoms with Crippen LogP contribution in [0.4, 0.5) is 5.69 Å². The van der Waals surface area contributed by atoms with E-state index in [0.717, 1.165) is 16.5 Å². The molecular formula is C18H15N3O2. The number of amides is 1. The Labute approximate surface area is 133 Å². The zero-order chi connectivity index (χ0) is 16.2. The van der Waals surface area contributed by atoms with Crippen LogP contribution in [-0.4, -0.2) is 16.0 Å². The molecule has 0 aliphatic carbocycles. The summed E-state index contributed by atoms with van der Waals surface area (Å²) >= 11 is 0. The Morgan fingerprint density at radius 2 is 2.00 bits per heavy atom. The third-order valence-corrected chi connectivity index (χ3v) is 3.72. The van der Waals surface area contributed by atoms with Crippen molar-refractivity contribution >= 4 is 22.5 Å². The second kappa shape index (κ2) is 6.24. The SMILES string of the molecule is N#C[C@@H](Cc1cccc2[nH]ccc12)C(=O)Nc1ccc(O)cc1. The number of carbonyl (C=O) groups excluding carboxylic acids is 1. The fourth-order valence-corrected chi connectivity index (χ4v) is 2.52. The van der Waals surface area contributed by atoms with E-state index in [1.165, 1.54) is 12.1 Å². The quantitative estimate of drug-likeness (QED) is 0.647. The number of rotatable bonds is 4. The van der Waals surface area contributed by atoms with Crippen molar-refractivity contribution in [2.75, 3.05) is 5.32 Å². The smallest absolute Gasteiger partial charge is 0.242 e. The predicted octanol–water partition coefficient (Wildman–Crippen LogP) is 3.19. The molecule has 1 atom stereocenters. The van der Waals surface area contributed by atoms with Gasteiger partial charge in [-0.05, 0) is 48.4 Å². The number of fused-ring (bicyclic) bond motifs is 1. The van der Waals surface area contributed by atoms with Crippen LogP contribution in [-0.2, 0) is 11.2 Å². The third-order valence-electron chi connectivity index (χ3n) is 3.72. The van der Waals surface area contributed by atoms with Crippen LogP contribution >= 0.6 is 0 Å². The van der Waals surface area contributed by atoms with Gasteiger partial charge in [-0.15, -0.1) is 0 Å². The van der Waals surface area contributed by atoms with E-state index in [2.05, 4.69) is 16.4 Å². The van der Waals surface area contributed by atoms with E-state index in [1.807, 2.05) is 30.5 Å². The van der Waals surface area contributed by atoms with Crippen LogP contribution < -0.4 is 5.32 Å². The van der Waals surface area contributed by atoms with Crippen LogP contribution in [0.2, 0.25) is 0 Å². The molecule has 0 spiro atoms. The highest BCUT2D eigenvalue weighted by Gasteiger charge is 2.19. The van der Waals surface area contributed by atoms with Crippen molar-refractivity contribution in [3.8, 4) is 11.8 Å². The highest BCUT2D eigenvalue weighted by molar-refractivity contribution is 5.95. The normalized spacial score (nSPS) is 11.8. The van der Waals surface area contributed by atoms with E-state index in [9.17, 15) is 15.2 Å². The summed E-state index contributed by atoms with van der Waals surface area (Å²) in [6.07, 6.45) is 2.18. The first-order chi connectivity index (χ1) is 11.2. The Balaban J connectivity index is 1.77. The average molecular weight is 305 g/mol. The van der Waals surface area contributed by atoms with Crippen molar-refractivity contribution in [1.29, 1.82) is 5.26 Å². The number of anilines is 1. The zero-order valence-corrected chi connectivity index (χ0v) is 12.3. The van der Waals surface area contributed by atoms with Gasteiger partial charge >= 0.3 is 0 Å². The molecule has 0 aliphatic heterocycles. The maximum atomic E-state index is 12.3. The van der Waals surface area contributed by atoms with Gasteiger partial charge in [0.1, 0.15) is 11.7 Å². The van der Waals surface area contributed by atoms with Crippen molar-refractivity contribution < 1.29 is 9.90 Å². The van der Waals surface area contributed by atoms with Gasteiger partial charge in [-0.2, -0.15) is 5.26 Å². The van der Waals surface area contributed by atoms with Crippen LogP contribution in [0.25, 0.3) is 10.9 Å². The maximum Gasteiger partial charge on any atom is 0.242 e. The average Bonchev–Trinajstić information content (AvgIpc) is 3.04. The minimum atomic E-state index is -0.788. The second-order valence-corrected chi connectivity index (χ2v) is 5.28. The summed E-state index contributed by atoms with van der Waals surface area (Å²) in [5, 5.41) is 22.3. The van der Waals surface area contributed by atoms with Gasteiger partial charge in [-0.1, -0.05) is 12.1 Å². The van der Waals surface area contributed by atoms with Crippen LogP contribution in [0.1, 0.15) is 5.56 Å². The van der Waals surface area contributed by atoms with Crippen LogP contribution in [0.3, 0.4) is 0 Å². The van der Waals surface area contributed by atoms with E-state index in [1.54, 1.807) is 12.1 Å². The Kier molecular flexibility index (Phi) is 3.98. The fourth-order valence-electron chi connectivity index (χ4n) is 2.52. The summed E-state index contributed by atoms with van der Waals surface area (Å²) < 4.78 is 0. The molecule has 0 unspecified atom stereocenters. The lowest BCUT2D eigenvalue weighted by Crippen LogP contribution is -2.23. The standard InChI is InChI=1S/C18H15N3O2/c19-11-13(18(23)21-14-4-6-15(22)7-5-14)10-12-2-1-3-17-16(12)8-9-20-17/h1-9,13,20,22H,10H2,(H,21,23)/t13-/m1/s1. The van der Waals surface area contributed by atoms with Crippen molar-refractivity contribution in [2.45, 2.75) is 6.42 Å². The monoisotopic (exact) mass is 305 g/mol. The lowest BCUT2D eigenvalue weighted by atomic mass is 9.97. The summed E-state index contributed by atoms with van der Waals surface area (Å²) in [6.45, 7) is 0. The second-order valence-electron chi connectivity index (χ2n) is 5.28. The Hall–Kier alpha value is -3.26. The lowest BCUT2D eigenvalue weighted by molar-refractivity contribution is -0.118. The molecule has 0 fully saturated rings. The number of phenols is 1. The van der Waals surface area contributed by atoms with Crippen molar-refractivity contribution in [3.05, 3.63) is 60.3 Å². The maximum absolute atomic E-state index is 12.3.